The smallest absolute Gasteiger partial charge is 0.322 e. The van der Waals surface area contributed by atoms with E-state index in [1.54, 1.807) is 21.7 Å². The largest absolute Gasteiger partial charge is 0.508 e. The van der Waals surface area contributed by atoms with Crippen molar-refractivity contribution >= 4 is 23.5 Å². The molecule has 4 rings (SSSR count). The first kappa shape index (κ1) is 21.1. The summed E-state index contributed by atoms with van der Waals surface area (Å²) in [5.41, 5.74) is 2.06. The second-order valence-electron chi connectivity index (χ2n) is 7.20. The number of ether oxygens (including phenoxy) is 1. The van der Waals surface area contributed by atoms with E-state index in [1.807, 2.05) is 42.7 Å². The van der Waals surface area contributed by atoms with Gasteiger partial charge in [-0.1, -0.05) is 36.0 Å². The Hall–Kier alpha value is -3.11. The van der Waals surface area contributed by atoms with Gasteiger partial charge in [0.05, 0.1) is 18.3 Å². The summed E-state index contributed by atoms with van der Waals surface area (Å²) >= 11 is 1.44. The van der Waals surface area contributed by atoms with Gasteiger partial charge in [0, 0.05) is 24.4 Å². The minimum Gasteiger partial charge on any atom is -0.508 e. The minimum atomic E-state index is -0.266. The van der Waals surface area contributed by atoms with Gasteiger partial charge < -0.3 is 20.1 Å². The van der Waals surface area contributed by atoms with E-state index in [-0.39, 0.29) is 24.4 Å². The molecule has 1 saturated heterocycles. The van der Waals surface area contributed by atoms with Crippen molar-refractivity contribution in [2.24, 2.45) is 0 Å². The van der Waals surface area contributed by atoms with Gasteiger partial charge in [-0.25, -0.2) is 4.79 Å². The number of nitrogens with zero attached hydrogens (tertiary/aromatic N) is 5. The Bertz CT molecular complexity index is 1040. The van der Waals surface area contributed by atoms with Crippen LogP contribution >= 0.6 is 11.8 Å². The van der Waals surface area contributed by atoms with Crippen molar-refractivity contribution < 1.29 is 14.6 Å². The number of phenolic OH excluding ortho intramolecular Hbond substituents is 1. The molecule has 2 aromatic carbocycles. The number of hydrogen-bond donors (Lipinski definition) is 2. The monoisotopic (exact) mass is 440 g/mol. The van der Waals surface area contributed by atoms with Crippen LogP contribution in [0.2, 0.25) is 0 Å². The second kappa shape index (κ2) is 9.80. The molecule has 2 heterocycles. The van der Waals surface area contributed by atoms with Crippen molar-refractivity contribution in [3.05, 3.63) is 54.1 Å². The second-order valence-corrected chi connectivity index (χ2v) is 7.98. The number of phenols is 1. The quantitative estimate of drug-likeness (QED) is 0.543. The van der Waals surface area contributed by atoms with Crippen LogP contribution in [0.5, 0.6) is 5.75 Å². The number of amides is 2. The van der Waals surface area contributed by atoms with Crippen LogP contribution < -0.4 is 5.32 Å². The van der Waals surface area contributed by atoms with E-state index < -0.39 is 0 Å². The Morgan fingerprint density at radius 1 is 1.32 bits per heavy atom. The third-order valence-electron chi connectivity index (χ3n) is 5.05. The van der Waals surface area contributed by atoms with Gasteiger partial charge in [0.2, 0.25) is 5.16 Å². The van der Waals surface area contributed by atoms with Crippen LogP contribution in [0.3, 0.4) is 0 Å². The molecule has 162 valence electrons. The lowest BCUT2D eigenvalue weighted by Gasteiger charge is -2.26. The number of hydrogen-bond acceptors (Lipinski definition) is 7. The number of aromatic nitrogens is 4. The lowest BCUT2D eigenvalue weighted by atomic mass is 10.1. The summed E-state index contributed by atoms with van der Waals surface area (Å²) in [6.45, 7) is 1.44. The average Bonchev–Trinajstić information content (AvgIpc) is 3.46. The van der Waals surface area contributed by atoms with E-state index in [9.17, 15) is 9.90 Å². The van der Waals surface area contributed by atoms with Gasteiger partial charge in [0.15, 0.2) is 0 Å². The summed E-state index contributed by atoms with van der Waals surface area (Å²) in [6, 6.07) is 14.1. The van der Waals surface area contributed by atoms with E-state index in [0.717, 1.165) is 18.5 Å². The predicted octanol–water partition coefficient (Wildman–Crippen LogP) is 3.30. The summed E-state index contributed by atoms with van der Waals surface area (Å²) in [5.74, 6) is 0.165. The summed E-state index contributed by atoms with van der Waals surface area (Å²) in [4.78, 5) is 14.8. The first-order chi connectivity index (χ1) is 15.1. The fourth-order valence-corrected chi connectivity index (χ4v) is 3.92. The van der Waals surface area contributed by atoms with Gasteiger partial charge in [-0.2, -0.15) is 4.68 Å². The number of rotatable bonds is 7. The van der Waals surface area contributed by atoms with Crippen LogP contribution in [0.15, 0.2) is 53.7 Å². The first-order valence-electron chi connectivity index (χ1n) is 10.0. The van der Waals surface area contributed by atoms with Crippen LogP contribution in [0.4, 0.5) is 10.5 Å². The number of nitrogens with one attached hydrogen (secondary N) is 1. The summed E-state index contributed by atoms with van der Waals surface area (Å²) in [7, 11) is 0. The molecule has 3 aromatic rings. The Kier molecular flexibility index (Phi) is 6.68. The van der Waals surface area contributed by atoms with Gasteiger partial charge in [0.1, 0.15) is 5.75 Å². The molecule has 1 atom stereocenters. The van der Waals surface area contributed by atoms with Crippen LogP contribution in [0.1, 0.15) is 18.4 Å². The topological polar surface area (TPSA) is 105 Å². The molecular weight excluding hydrogens is 416 g/mol. The number of carbonyl (C=O) groups is 1. The van der Waals surface area contributed by atoms with Crippen molar-refractivity contribution in [2.45, 2.75) is 30.6 Å². The molecule has 31 heavy (non-hydrogen) atoms. The number of thioether (sulfide) groups is 1. The van der Waals surface area contributed by atoms with Crippen LogP contribution in [-0.2, 0) is 11.3 Å². The minimum absolute atomic E-state index is 0.00620. The number of urea groups is 1. The number of anilines is 1. The maximum atomic E-state index is 13.2. The lowest BCUT2D eigenvalue weighted by Crippen LogP contribution is -2.39. The number of benzene rings is 2. The molecule has 2 N–H and O–H groups in total. The molecule has 1 aliphatic heterocycles. The summed E-state index contributed by atoms with van der Waals surface area (Å²) in [5, 5.41) is 25.5. The zero-order valence-corrected chi connectivity index (χ0v) is 18.0. The SMILES string of the molecule is CSc1nnnn1-c1cccc(NC(=O)N(Cc2ccccc2O)CC2CCCO2)c1. The van der Waals surface area contributed by atoms with Gasteiger partial charge >= 0.3 is 6.03 Å². The molecule has 1 fully saturated rings. The number of aromatic hydroxyl groups is 1. The normalized spacial score (nSPS) is 15.7. The highest BCUT2D eigenvalue weighted by atomic mass is 32.2. The third-order valence-corrected chi connectivity index (χ3v) is 5.67. The molecule has 0 aliphatic carbocycles. The molecule has 9 nitrogen and oxygen atoms in total. The summed E-state index contributed by atoms with van der Waals surface area (Å²) < 4.78 is 7.35. The molecule has 0 spiro atoms. The fourth-order valence-electron chi connectivity index (χ4n) is 3.49. The Morgan fingerprint density at radius 2 is 2.19 bits per heavy atom. The number of para-hydroxylation sites is 1. The van der Waals surface area contributed by atoms with E-state index in [2.05, 4.69) is 20.8 Å². The molecule has 0 radical (unpaired) electrons. The maximum absolute atomic E-state index is 13.2. The van der Waals surface area contributed by atoms with Crippen molar-refractivity contribution in [3.8, 4) is 11.4 Å². The zero-order valence-electron chi connectivity index (χ0n) is 17.1. The van der Waals surface area contributed by atoms with E-state index in [4.69, 9.17) is 4.74 Å². The maximum Gasteiger partial charge on any atom is 0.322 e. The van der Waals surface area contributed by atoms with Crippen LogP contribution in [0, 0.1) is 0 Å². The molecule has 1 aromatic heterocycles. The van der Waals surface area contributed by atoms with Crippen molar-refractivity contribution in [3.63, 3.8) is 0 Å². The standard InChI is InChI=1S/C21H24N6O3S/c1-31-21-23-24-25-27(21)17-8-4-7-16(12-17)22-20(29)26(14-18-9-5-11-30-18)13-15-6-2-3-10-19(15)28/h2-4,6-8,10,12,18,28H,5,9,11,13-14H2,1H3,(H,22,29). The van der Waals surface area contributed by atoms with Gasteiger partial charge in [0.25, 0.3) is 0 Å². The highest BCUT2D eigenvalue weighted by molar-refractivity contribution is 7.98. The predicted molar refractivity (Wildman–Crippen MR) is 117 cm³/mol. The van der Waals surface area contributed by atoms with Crippen molar-refractivity contribution in [2.75, 3.05) is 24.7 Å². The molecule has 1 unspecified atom stereocenters. The van der Waals surface area contributed by atoms with Crippen LogP contribution in [-0.4, -0.2) is 61.8 Å². The van der Waals surface area contributed by atoms with Crippen molar-refractivity contribution in [1.82, 2.24) is 25.1 Å². The highest BCUT2D eigenvalue weighted by Gasteiger charge is 2.24. The lowest BCUT2D eigenvalue weighted by molar-refractivity contribution is 0.0817. The first-order valence-corrected chi connectivity index (χ1v) is 11.2. The van der Waals surface area contributed by atoms with Crippen molar-refractivity contribution in [1.29, 1.82) is 0 Å². The number of tetrazole rings is 1. The highest BCUT2D eigenvalue weighted by Crippen LogP contribution is 2.22. The average molecular weight is 441 g/mol. The molecule has 10 heteroatoms. The van der Waals surface area contributed by atoms with E-state index in [0.29, 0.717) is 29.6 Å². The molecule has 0 bridgehead atoms. The van der Waals surface area contributed by atoms with Gasteiger partial charge in [-0.15, -0.1) is 5.10 Å². The van der Waals surface area contributed by atoms with E-state index >= 15 is 0 Å². The Morgan fingerprint density at radius 3 is 2.97 bits per heavy atom. The molecule has 0 saturated carbocycles. The fraction of sp³-hybridized carbons (Fsp3) is 0.333. The Balaban J connectivity index is 1.52. The van der Waals surface area contributed by atoms with Gasteiger partial charge in [-0.05, 0) is 53.8 Å². The molecule has 1 aliphatic rings. The molecule has 2 amide bonds. The zero-order chi connectivity index (χ0) is 21.6. The number of carbonyl (C=O) groups excluding carboxylic acids is 1. The van der Waals surface area contributed by atoms with Crippen LogP contribution in [0.25, 0.3) is 5.69 Å². The Labute approximate surface area is 184 Å². The summed E-state index contributed by atoms with van der Waals surface area (Å²) in [6.07, 6.45) is 3.79. The van der Waals surface area contributed by atoms with E-state index in [1.165, 1.54) is 11.8 Å². The van der Waals surface area contributed by atoms with Gasteiger partial charge in [-0.3, -0.25) is 0 Å². The molecular formula is C21H24N6O3S. The third kappa shape index (κ3) is 5.15.